The number of nitrogens with zero attached hydrogens (tertiary/aromatic N) is 1. The summed E-state index contributed by atoms with van der Waals surface area (Å²) in [5.41, 5.74) is 1.77. The third kappa shape index (κ3) is 8.82. The molecule has 7 heteroatoms. The normalized spacial score (nSPS) is 16.0. The molecule has 1 aromatic carbocycles. The van der Waals surface area contributed by atoms with E-state index in [1.54, 1.807) is 11.3 Å². The molecule has 0 spiro atoms. The number of thiazole rings is 1. The summed E-state index contributed by atoms with van der Waals surface area (Å²) in [6, 6.07) is 6.68. The van der Waals surface area contributed by atoms with Crippen molar-refractivity contribution in [2.24, 2.45) is 0 Å². The molecule has 0 amide bonds. The minimum atomic E-state index is -1.98. The average Bonchev–Trinajstić information content (AvgIpc) is 3.17. The minimum Gasteiger partial charge on any atom is -0.598 e. The van der Waals surface area contributed by atoms with Gasteiger partial charge in [0.2, 0.25) is 0 Å². The van der Waals surface area contributed by atoms with Crippen molar-refractivity contribution in [1.29, 1.82) is 0 Å². The first-order valence-electron chi connectivity index (χ1n) is 13.3. The van der Waals surface area contributed by atoms with Gasteiger partial charge in [-0.15, -0.1) is 16.1 Å². The lowest BCUT2D eigenvalue weighted by Gasteiger charge is -2.40. The summed E-state index contributed by atoms with van der Waals surface area (Å²) in [5, 5.41) is 1.05. The van der Waals surface area contributed by atoms with E-state index in [2.05, 4.69) is 70.6 Å². The minimum absolute atomic E-state index is 0.107. The molecular weight excluding hydrogens is 489 g/mol. The Hall–Kier alpha value is -0.443. The van der Waals surface area contributed by atoms with Gasteiger partial charge in [-0.05, 0) is 76.4 Å². The maximum absolute atomic E-state index is 13.2. The van der Waals surface area contributed by atoms with E-state index in [-0.39, 0.29) is 9.79 Å². The average molecular weight is 539 g/mol. The standard InChI is InChI=1S/C28H50N2O2S2Si/c1-11-12-13-14-15-16-17-22-18-19-23-24(20-22)33-25(29-23)28(8,30-34(31)26(2,3)4)21-32-35(9,10)27(5,6)7/h18-20,30H,11-17,21H2,1-10H3. The van der Waals surface area contributed by atoms with Crippen LogP contribution in [0.1, 0.15) is 104 Å². The van der Waals surface area contributed by atoms with Crippen molar-refractivity contribution in [2.45, 2.75) is 129 Å². The van der Waals surface area contributed by atoms with Gasteiger partial charge in [0.15, 0.2) is 8.32 Å². The molecule has 35 heavy (non-hydrogen) atoms. The van der Waals surface area contributed by atoms with Crippen molar-refractivity contribution < 1.29 is 8.98 Å². The van der Waals surface area contributed by atoms with Crippen molar-refractivity contribution in [3.63, 3.8) is 0 Å². The first-order valence-corrected chi connectivity index (χ1v) is 18.2. The number of hydrogen-bond donors (Lipinski definition) is 1. The van der Waals surface area contributed by atoms with Gasteiger partial charge in [0.1, 0.15) is 15.3 Å². The molecule has 1 N–H and O–H groups in total. The summed E-state index contributed by atoms with van der Waals surface area (Å²) < 4.78 is 24.1. The molecule has 2 atom stereocenters. The Morgan fingerprint density at radius 2 is 1.63 bits per heavy atom. The van der Waals surface area contributed by atoms with E-state index in [1.165, 1.54) is 48.8 Å². The van der Waals surface area contributed by atoms with Crippen molar-refractivity contribution in [3.8, 4) is 0 Å². The van der Waals surface area contributed by atoms with E-state index in [0.29, 0.717) is 6.61 Å². The monoisotopic (exact) mass is 538 g/mol. The molecule has 1 heterocycles. The Morgan fingerprint density at radius 1 is 1.00 bits per heavy atom. The Kier molecular flexibility index (Phi) is 10.9. The van der Waals surface area contributed by atoms with Gasteiger partial charge < -0.3 is 8.98 Å². The molecule has 0 aliphatic heterocycles. The summed E-state index contributed by atoms with van der Waals surface area (Å²) in [4.78, 5) is 5.01. The van der Waals surface area contributed by atoms with Crippen LogP contribution >= 0.6 is 11.3 Å². The third-order valence-electron chi connectivity index (χ3n) is 7.15. The van der Waals surface area contributed by atoms with Crippen LogP contribution in [0.25, 0.3) is 10.2 Å². The molecule has 0 saturated carbocycles. The topological polar surface area (TPSA) is 57.2 Å². The van der Waals surface area contributed by atoms with Crippen LogP contribution in [0, 0.1) is 0 Å². The smallest absolute Gasteiger partial charge is 0.192 e. The molecule has 0 radical (unpaired) electrons. The van der Waals surface area contributed by atoms with Crippen molar-refractivity contribution in [3.05, 3.63) is 28.8 Å². The maximum Gasteiger partial charge on any atom is 0.192 e. The van der Waals surface area contributed by atoms with Gasteiger partial charge in [0.25, 0.3) is 0 Å². The zero-order valence-corrected chi connectivity index (χ0v) is 26.6. The largest absolute Gasteiger partial charge is 0.598 e. The number of fused-ring (bicyclic) bond motifs is 1. The summed E-state index contributed by atoms with van der Waals surface area (Å²) >= 11 is 0.468. The van der Waals surface area contributed by atoms with Crippen LogP contribution in [0.3, 0.4) is 0 Å². The molecule has 2 aromatic rings. The van der Waals surface area contributed by atoms with Crippen LogP contribution in [-0.4, -0.2) is 29.2 Å². The third-order valence-corrected chi connectivity index (χ3v) is 14.7. The van der Waals surface area contributed by atoms with Gasteiger partial charge in [-0.2, -0.15) is 0 Å². The van der Waals surface area contributed by atoms with Crippen molar-refractivity contribution in [1.82, 2.24) is 9.71 Å². The second-order valence-corrected chi connectivity index (χ2v) is 20.5. The Morgan fingerprint density at radius 3 is 2.23 bits per heavy atom. The lowest BCUT2D eigenvalue weighted by molar-refractivity contribution is 0.198. The second kappa shape index (κ2) is 12.4. The summed E-state index contributed by atoms with van der Waals surface area (Å²) in [6.45, 7) is 22.1. The molecule has 200 valence electrons. The summed E-state index contributed by atoms with van der Waals surface area (Å²) in [7, 11) is -1.98. The van der Waals surface area contributed by atoms with Gasteiger partial charge in [-0.25, -0.2) is 4.98 Å². The summed E-state index contributed by atoms with van der Waals surface area (Å²) in [5.74, 6) is 0. The van der Waals surface area contributed by atoms with Gasteiger partial charge in [0, 0.05) is 11.4 Å². The highest BCUT2D eigenvalue weighted by Crippen LogP contribution is 2.39. The van der Waals surface area contributed by atoms with E-state index in [0.717, 1.165) is 16.9 Å². The molecule has 0 aliphatic carbocycles. The van der Waals surface area contributed by atoms with Crippen molar-refractivity contribution in [2.75, 3.05) is 6.61 Å². The van der Waals surface area contributed by atoms with Crippen molar-refractivity contribution >= 4 is 41.2 Å². The van der Waals surface area contributed by atoms with Crippen LogP contribution in [0.4, 0.5) is 0 Å². The van der Waals surface area contributed by atoms with E-state index in [4.69, 9.17) is 9.41 Å². The van der Waals surface area contributed by atoms with Crippen LogP contribution in [0.15, 0.2) is 18.2 Å². The molecule has 4 nitrogen and oxygen atoms in total. The van der Waals surface area contributed by atoms with Crippen LogP contribution in [0.2, 0.25) is 18.1 Å². The number of benzene rings is 1. The molecular formula is C28H50N2O2S2Si. The lowest BCUT2D eigenvalue weighted by atomic mass is 10.0. The molecule has 0 fully saturated rings. The number of aromatic nitrogens is 1. The molecule has 0 aliphatic rings. The van der Waals surface area contributed by atoms with Gasteiger partial charge in [-0.3, -0.25) is 0 Å². The van der Waals surface area contributed by atoms with Crippen LogP contribution in [-0.2, 0) is 27.7 Å². The van der Waals surface area contributed by atoms with E-state index < -0.39 is 25.2 Å². The predicted octanol–water partition coefficient (Wildman–Crippen LogP) is 8.49. The fraction of sp³-hybridized carbons (Fsp3) is 0.750. The molecule has 2 rings (SSSR count). The highest BCUT2D eigenvalue weighted by molar-refractivity contribution is 7.90. The predicted molar refractivity (Wildman–Crippen MR) is 158 cm³/mol. The number of hydrogen-bond acceptors (Lipinski definition) is 5. The van der Waals surface area contributed by atoms with E-state index >= 15 is 0 Å². The second-order valence-electron chi connectivity index (χ2n) is 12.7. The summed E-state index contributed by atoms with van der Waals surface area (Å²) in [6.07, 6.45) is 9.00. The Bertz CT molecular complexity index is 933. The molecule has 0 bridgehead atoms. The fourth-order valence-corrected chi connectivity index (χ4v) is 6.64. The van der Waals surface area contributed by atoms with E-state index in [1.807, 2.05) is 20.8 Å². The molecule has 0 saturated heterocycles. The maximum atomic E-state index is 13.2. The van der Waals surface area contributed by atoms with Crippen LogP contribution in [0.5, 0.6) is 0 Å². The Labute approximate surface area is 223 Å². The van der Waals surface area contributed by atoms with Gasteiger partial charge in [0.05, 0.1) is 16.8 Å². The first kappa shape index (κ1) is 30.8. The number of nitrogens with one attached hydrogen (secondary N) is 1. The zero-order chi connectivity index (χ0) is 26.5. The van der Waals surface area contributed by atoms with Gasteiger partial charge in [-0.1, -0.05) is 65.9 Å². The zero-order valence-electron chi connectivity index (χ0n) is 24.0. The van der Waals surface area contributed by atoms with E-state index in [9.17, 15) is 4.55 Å². The fourth-order valence-electron chi connectivity index (χ4n) is 3.50. The van der Waals surface area contributed by atoms with Crippen LogP contribution < -0.4 is 4.72 Å². The highest BCUT2D eigenvalue weighted by atomic mass is 32.2. The molecule has 2 unspecified atom stereocenters. The highest BCUT2D eigenvalue weighted by Gasteiger charge is 2.44. The number of unbranched alkanes of at least 4 members (excludes halogenated alkanes) is 5. The van der Waals surface area contributed by atoms with Gasteiger partial charge >= 0.3 is 0 Å². The number of aryl methyl sites for hydroxylation is 1. The number of rotatable bonds is 13. The Balaban J connectivity index is 2.25. The first-order chi connectivity index (χ1) is 16.1. The SMILES string of the molecule is CCCCCCCCc1ccc2nc(C(C)(CO[Si](C)(C)C(C)(C)C)N[S+]([O-])C(C)(C)C)sc2c1. The molecule has 1 aromatic heterocycles. The lowest BCUT2D eigenvalue weighted by Crippen LogP contribution is -2.54. The quantitative estimate of drug-likeness (QED) is 0.158.